The van der Waals surface area contributed by atoms with Crippen molar-refractivity contribution in [3.63, 3.8) is 0 Å². The van der Waals surface area contributed by atoms with Crippen molar-refractivity contribution in [1.82, 2.24) is 9.80 Å². The van der Waals surface area contributed by atoms with Gasteiger partial charge in [-0.3, -0.25) is 9.59 Å². The van der Waals surface area contributed by atoms with Crippen molar-refractivity contribution in [3.05, 3.63) is 0 Å². The molecule has 0 aromatic carbocycles. The van der Waals surface area contributed by atoms with Gasteiger partial charge in [0.15, 0.2) is 4.87 Å². The summed E-state index contributed by atoms with van der Waals surface area (Å²) in [4.78, 5) is 26.2. The van der Waals surface area contributed by atoms with Crippen molar-refractivity contribution in [2.24, 2.45) is 0 Å². The minimum atomic E-state index is -0.719. The highest BCUT2D eigenvalue weighted by molar-refractivity contribution is 8.77. The van der Waals surface area contributed by atoms with E-state index in [0.29, 0.717) is 6.42 Å². The average Bonchev–Trinajstić information content (AvgIpc) is 2.30. The maximum Gasteiger partial charge on any atom is 0.260 e. The Balaban J connectivity index is 2.46. The molecule has 0 aromatic rings. The minimum absolute atomic E-state index is 0.00183. The zero-order valence-electron chi connectivity index (χ0n) is 8.31. The van der Waals surface area contributed by atoms with Crippen LogP contribution in [-0.2, 0) is 9.59 Å². The van der Waals surface area contributed by atoms with Crippen molar-refractivity contribution in [3.8, 4) is 0 Å². The number of nitrogens with zero attached hydrogens (tertiary/aromatic N) is 2. The molecule has 3 aliphatic heterocycles. The van der Waals surface area contributed by atoms with Gasteiger partial charge in [-0.25, -0.2) is 0 Å². The number of hydrogen-bond donors (Lipinski definition) is 0. The Morgan fingerprint density at radius 2 is 2.07 bits per heavy atom. The Hall–Kier alpha value is -0.360. The Labute approximate surface area is 90.8 Å². The first-order chi connectivity index (χ1) is 6.47. The molecule has 0 aromatic heterocycles. The van der Waals surface area contributed by atoms with Gasteiger partial charge in [0, 0.05) is 14.1 Å². The molecule has 0 aliphatic carbocycles. The Kier molecular flexibility index (Phi) is 2.23. The van der Waals surface area contributed by atoms with Crippen LogP contribution in [0.5, 0.6) is 0 Å². The largest absolute Gasteiger partial charge is 0.330 e. The lowest BCUT2D eigenvalue weighted by atomic mass is 10.2. The summed E-state index contributed by atoms with van der Waals surface area (Å²) in [6.45, 7) is 1.81. The molecule has 3 fully saturated rings. The Morgan fingerprint density at radius 1 is 1.43 bits per heavy atom. The first-order valence-corrected chi connectivity index (χ1v) is 6.56. The van der Waals surface area contributed by atoms with Crippen molar-refractivity contribution in [2.45, 2.75) is 23.6 Å². The molecular formula is C8H12N2O2S2. The van der Waals surface area contributed by atoms with Crippen molar-refractivity contribution >= 4 is 33.4 Å². The van der Waals surface area contributed by atoms with E-state index in [1.165, 1.54) is 10.8 Å². The van der Waals surface area contributed by atoms with E-state index in [1.54, 1.807) is 34.7 Å². The number of carbonyl (C=O) groups is 2. The number of amides is 2. The standard InChI is InChI=1S/C8H12N2O2S2/c1-8-7(12)9(2)6(13-14-8)4-5(11)10(8)3/h6H,4H2,1-3H3/t6-,8?/m0/s1. The average molecular weight is 232 g/mol. The van der Waals surface area contributed by atoms with E-state index in [1.807, 2.05) is 6.92 Å². The van der Waals surface area contributed by atoms with Crippen molar-refractivity contribution < 1.29 is 9.59 Å². The third-order valence-corrected chi connectivity index (χ3v) is 6.34. The summed E-state index contributed by atoms with van der Waals surface area (Å²) in [6.07, 6.45) is 0.423. The van der Waals surface area contributed by atoms with E-state index in [2.05, 4.69) is 0 Å². The second-order valence-electron chi connectivity index (χ2n) is 3.69. The van der Waals surface area contributed by atoms with Crippen LogP contribution in [0.1, 0.15) is 13.3 Å². The molecule has 0 N–H and O–H groups in total. The summed E-state index contributed by atoms with van der Waals surface area (Å²) in [5.41, 5.74) is 0. The number of hydrogen-bond acceptors (Lipinski definition) is 4. The lowest BCUT2D eigenvalue weighted by molar-refractivity contribution is -0.140. The smallest absolute Gasteiger partial charge is 0.260 e. The van der Waals surface area contributed by atoms with Gasteiger partial charge in [-0.1, -0.05) is 21.6 Å². The highest BCUT2D eigenvalue weighted by atomic mass is 33.1. The van der Waals surface area contributed by atoms with E-state index in [9.17, 15) is 9.59 Å². The molecule has 0 saturated carbocycles. The quantitative estimate of drug-likeness (QED) is 0.578. The maximum absolute atomic E-state index is 12.0. The number of likely N-dealkylation sites (N-methyl/N-ethyl adjacent to an activating group) is 2. The fourth-order valence-electron chi connectivity index (χ4n) is 1.60. The lowest BCUT2D eigenvalue weighted by Crippen LogP contribution is -2.54. The van der Waals surface area contributed by atoms with E-state index >= 15 is 0 Å². The molecule has 3 aliphatic rings. The van der Waals surface area contributed by atoms with E-state index in [-0.39, 0.29) is 17.2 Å². The zero-order valence-corrected chi connectivity index (χ0v) is 9.94. The fraction of sp³-hybridized carbons (Fsp3) is 0.750. The predicted molar refractivity (Wildman–Crippen MR) is 57.5 cm³/mol. The van der Waals surface area contributed by atoms with Gasteiger partial charge in [0.05, 0.1) is 11.8 Å². The van der Waals surface area contributed by atoms with Gasteiger partial charge in [-0.05, 0) is 6.92 Å². The monoisotopic (exact) mass is 232 g/mol. The maximum atomic E-state index is 12.0. The molecule has 3 heterocycles. The first-order valence-electron chi connectivity index (χ1n) is 4.35. The summed E-state index contributed by atoms with van der Waals surface area (Å²) < 4.78 is 0. The van der Waals surface area contributed by atoms with Crippen LogP contribution in [0, 0.1) is 0 Å². The molecular weight excluding hydrogens is 220 g/mol. The Morgan fingerprint density at radius 3 is 2.71 bits per heavy atom. The SMILES string of the molecule is CN1C(=O)C2(C)SS[C@H]1CC(=O)N2C. The van der Waals surface area contributed by atoms with Crippen LogP contribution < -0.4 is 0 Å². The van der Waals surface area contributed by atoms with Gasteiger partial charge in [0.25, 0.3) is 5.91 Å². The number of fused-ring (bicyclic) bond motifs is 4. The molecule has 1 unspecified atom stereocenters. The topological polar surface area (TPSA) is 40.6 Å². The van der Waals surface area contributed by atoms with Crippen LogP contribution in [0.3, 0.4) is 0 Å². The van der Waals surface area contributed by atoms with Crippen molar-refractivity contribution in [1.29, 1.82) is 0 Å². The van der Waals surface area contributed by atoms with Gasteiger partial charge >= 0.3 is 0 Å². The lowest BCUT2D eigenvalue weighted by Gasteiger charge is -2.40. The Bertz CT molecular complexity index is 310. The van der Waals surface area contributed by atoms with E-state index in [0.717, 1.165) is 0 Å². The van der Waals surface area contributed by atoms with Crippen LogP contribution in [0.15, 0.2) is 0 Å². The molecule has 4 nitrogen and oxygen atoms in total. The van der Waals surface area contributed by atoms with Crippen LogP contribution in [0.4, 0.5) is 0 Å². The summed E-state index contributed by atoms with van der Waals surface area (Å²) >= 11 is 0. The van der Waals surface area contributed by atoms with Crippen LogP contribution in [0.2, 0.25) is 0 Å². The molecule has 78 valence electrons. The summed E-state index contributed by atoms with van der Waals surface area (Å²) in [5, 5.41) is -0.00183. The predicted octanol–water partition coefficient (Wildman–Crippen LogP) is 0.744. The normalized spacial score (nSPS) is 37.8. The molecule has 3 rings (SSSR count). The van der Waals surface area contributed by atoms with E-state index < -0.39 is 4.87 Å². The summed E-state index contributed by atoms with van der Waals surface area (Å²) in [6, 6.07) is 0. The van der Waals surface area contributed by atoms with Crippen molar-refractivity contribution in [2.75, 3.05) is 14.1 Å². The molecule has 14 heavy (non-hydrogen) atoms. The second kappa shape index (κ2) is 3.06. The third-order valence-electron chi connectivity index (χ3n) is 2.83. The molecule has 2 atom stereocenters. The summed E-state index contributed by atoms with van der Waals surface area (Å²) in [5.74, 6) is 0.0762. The zero-order chi connectivity index (χ0) is 10.5. The van der Waals surface area contributed by atoms with E-state index in [4.69, 9.17) is 0 Å². The van der Waals surface area contributed by atoms with Gasteiger partial charge in [0.2, 0.25) is 5.91 Å². The van der Waals surface area contributed by atoms with Gasteiger partial charge in [0.1, 0.15) is 0 Å². The molecule has 2 bridgehead atoms. The van der Waals surface area contributed by atoms with Crippen LogP contribution in [-0.4, -0.2) is 46.0 Å². The molecule has 2 amide bonds. The third kappa shape index (κ3) is 1.16. The van der Waals surface area contributed by atoms with Crippen LogP contribution >= 0.6 is 21.6 Å². The second-order valence-corrected chi connectivity index (χ2v) is 6.47. The summed E-state index contributed by atoms with van der Waals surface area (Å²) in [7, 11) is 6.57. The van der Waals surface area contributed by atoms with Gasteiger partial charge < -0.3 is 9.80 Å². The molecule has 0 spiro atoms. The van der Waals surface area contributed by atoms with Gasteiger partial charge in [-0.15, -0.1) is 0 Å². The number of rotatable bonds is 0. The van der Waals surface area contributed by atoms with Crippen LogP contribution in [0.25, 0.3) is 0 Å². The molecule has 3 saturated heterocycles. The van der Waals surface area contributed by atoms with Gasteiger partial charge in [-0.2, -0.15) is 0 Å². The fourth-order valence-corrected chi connectivity index (χ4v) is 4.80. The molecule has 0 radical (unpaired) electrons. The highest BCUT2D eigenvalue weighted by Gasteiger charge is 2.52. The minimum Gasteiger partial charge on any atom is -0.330 e. The first kappa shape index (κ1) is 10.2. The molecule has 6 heteroatoms. The number of carbonyl (C=O) groups excluding carboxylic acids is 2. The highest BCUT2D eigenvalue weighted by Crippen LogP contribution is 2.50.